The summed E-state index contributed by atoms with van der Waals surface area (Å²) in [5.41, 5.74) is 3.00. The highest BCUT2D eigenvalue weighted by Gasteiger charge is 2.15. The van der Waals surface area contributed by atoms with Crippen LogP contribution < -0.4 is 0 Å². The maximum Gasteiger partial charge on any atom is 0.253 e. The van der Waals surface area contributed by atoms with E-state index < -0.39 is 0 Å². The van der Waals surface area contributed by atoms with Gasteiger partial charge in [-0.3, -0.25) is 4.79 Å². The van der Waals surface area contributed by atoms with Crippen LogP contribution in [0, 0.1) is 0 Å². The third-order valence-corrected chi connectivity index (χ3v) is 4.15. The van der Waals surface area contributed by atoms with Crippen LogP contribution in [0.2, 0.25) is 0 Å². The molecule has 0 radical (unpaired) electrons. The van der Waals surface area contributed by atoms with Crippen LogP contribution in [0.3, 0.4) is 0 Å². The molecule has 1 aromatic carbocycles. The number of hydrogen-bond acceptors (Lipinski definition) is 3. The molecule has 2 heterocycles. The van der Waals surface area contributed by atoms with Gasteiger partial charge in [0.05, 0.1) is 10.5 Å². The van der Waals surface area contributed by atoms with Gasteiger partial charge in [-0.05, 0) is 36.2 Å². The molecule has 0 atom stereocenters. The molecule has 4 heteroatoms. The average Bonchev–Trinajstić information content (AvgIpc) is 2.81. The highest BCUT2D eigenvalue weighted by Crippen LogP contribution is 2.32. The van der Waals surface area contributed by atoms with E-state index in [-0.39, 0.29) is 5.91 Å². The third kappa shape index (κ3) is 1.86. The summed E-state index contributed by atoms with van der Waals surface area (Å²) in [6.07, 6.45) is 1.08. The molecule has 2 aromatic rings. The summed E-state index contributed by atoms with van der Waals surface area (Å²) < 4.78 is 0. The number of aryl methyl sites for hydroxylation is 1. The Morgan fingerprint density at radius 2 is 2.17 bits per heavy atom. The van der Waals surface area contributed by atoms with Crippen LogP contribution in [-0.4, -0.2) is 35.6 Å². The van der Waals surface area contributed by atoms with Gasteiger partial charge in [-0.25, -0.2) is 4.98 Å². The Hall–Kier alpha value is -1.55. The Morgan fingerprint density at radius 3 is 2.94 bits per heavy atom. The molecular weight excluding hydrogens is 244 g/mol. The fourth-order valence-electron chi connectivity index (χ4n) is 2.16. The Morgan fingerprint density at radius 1 is 1.33 bits per heavy atom. The van der Waals surface area contributed by atoms with Crippen LogP contribution in [0.15, 0.2) is 29.3 Å². The van der Waals surface area contributed by atoms with Crippen molar-refractivity contribution in [3.63, 3.8) is 0 Å². The number of aromatic nitrogens is 1. The molecule has 0 unspecified atom stereocenters. The molecule has 1 amide bonds. The number of carbonyl (C=O) groups is 1. The first-order valence-corrected chi connectivity index (χ1v) is 6.92. The van der Waals surface area contributed by atoms with Gasteiger partial charge in [-0.2, -0.15) is 0 Å². The second-order valence-electron chi connectivity index (χ2n) is 4.66. The van der Waals surface area contributed by atoms with Gasteiger partial charge in [0, 0.05) is 30.8 Å². The van der Waals surface area contributed by atoms with Crippen molar-refractivity contribution < 1.29 is 4.79 Å². The van der Waals surface area contributed by atoms with Crippen LogP contribution >= 0.6 is 11.8 Å². The summed E-state index contributed by atoms with van der Waals surface area (Å²) in [7, 11) is 3.54. The predicted octanol–water partition coefficient (Wildman–Crippen LogP) is 2.58. The van der Waals surface area contributed by atoms with Crippen molar-refractivity contribution in [1.29, 1.82) is 0 Å². The molecule has 1 aromatic heterocycles. The number of carbonyl (C=O) groups excluding carboxylic acids is 1. The summed E-state index contributed by atoms with van der Waals surface area (Å²) in [6, 6.07) is 7.90. The number of rotatable bonds is 1. The summed E-state index contributed by atoms with van der Waals surface area (Å²) in [5.74, 6) is 1.15. The van der Waals surface area contributed by atoms with Gasteiger partial charge in [0.1, 0.15) is 0 Å². The molecule has 0 bridgehead atoms. The molecule has 3 nitrogen and oxygen atoms in total. The lowest BCUT2D eigenvalue weighted by Crippen LogP contribution is -2.21. The number of amides is 1. The van der Waals surface area contributed by atoms with E-state index in [1.54, 1.807) is 19.0 Å². The number of nitrogens with zero attached hydrogens (tertiary/aromatic N) is 2. The molecule has 18 heavy (non-hydrogen) atoms. The molecule has 92 valence electrons. The number of benzene rings is 1. The molecule has 0 saturated heterocycles. The SMILES string of the molecule is CN(C)C(=O)c1ccc2nc3c(cc2c1)CCS3. The minimum absolute atomic E-state index is 0.0340. The lowest BCUT2D eigenvalue weighted by Gasteiger charge is -2.11. The second kappa shape index (κ2) is 4.28. The van der Waals surface area contributed by atoms with E-state index in [0.717, 1.165) is 33.7 Å². The Bertz CT molecular complexity index is 637. The largest absolute Gasteiger partial charge is 0.345 e. The van der Waals surface area contributed by atoms with E-state index in [9.17, 15) is 4.79 Å². The molecule has 0 spiro atoms. The fourth-order valence-corrected chi connectivity index (χ4v) is 3.18. The van der Waals surface area contributed by atoms with Gasteiger partial charge in [0.25, 0.3) is 5.91 Å². The first-order valence-electron chi connectivity index (χ1n) is 5.93. The quantitative estimate of drug-likeness (QED) is 0.788. The van der Waals surface area contributed by atoms with E-state index in [2.05, 4.69) is 11.1 Å². The van der Waals surface area contributed by atoms with Crippen molar-refractivity contribution in [2.75, 3.05) is 19.8 Å². The Balaban J connectivity index is 2.12. The maximum atomic E-state index is 11.9. The maximum absolute atomic E-state index is 11.9. The van der Waals surface area contributed by atoms with E-state index in [1.807, 2.05) is 30.0 Å². The molecule has 1 aliphatic rings. The molecule has 0 aliphatic carbocycles. The van der Waals surface area contributed by atoms with Crippen LogP contribution in [-0.2, 0) is 6.42 Å². The van der Waals surface area contributed by atoms with Crippen LogP contribution in [0.5, 0.6) is 0 Å². The first kappa shape index (κ1) is 11.5. The Kier molecular flexibility index (Phi) is 2.74. The molecule has 3 rings (SSSR count). The standard InChI is InChI=1S/C14H14N2OS/c1-16(2)14(17)10-3-4-12-11(8-10)7-9-5-6-18-13(9)15-12/h3-4,7-8H,5-6H2,1-2H3. The first-order chi connectivity index (χ1) is 8.65. The van der Waals surface area contributed by atoms with E-state index in [1.165, 1.54) is 5.56 Å². The zero-order valence-corrected chi connectivity index (χ0v) is 11.3. The number of hydrogen-bond donors (Lipinski definition) is 0. The minimum Gasteiger partial charge on any atom is -0.345 e. The van der Waals surface area contributed by atoms with Crippen molar-refractivity contribution in [1.82, 2.24) is 9.88 Å². The number of fused-ring (bicyclic) bond motifs is 2. The Labute approximate surface area is 110 Å². The summed E-state index contributed by atoms with van der Waals surface area (Å²) >= 11 is 1.81. The molecule has 0 saturated carbocycles. The summed E-state index contributed by atoms with van der Waals surface area (Å²) in [6.45, 7) is 0. The van der Waals surface area contributed by atoms with Gasteiger partial charge in [0.2, 0.25) is 0 Å². The third-order valence-electron chi connectivity index (χ3n) is 3.12. The van der Waals surface area contributed by atoms with Crippen LogP contribution in [0.4, 0.5) is 0 Å². The zero-order valence-electron chi connectivity index (χ0n) is 10.4. The summed E-state index contributed by atoms with van der Waals surface area (Å²) in [5, 5.41) is 2.21. The normalized spacial score (nSPS) is 13.7. The lowest BCUT2D eigenvalue weighted by atomic mass is 10.1. The van der Waals surface area contributed by atoms with Crippen molar-refractivity contribution in [2.24, 2.45) is 0 Å². The summed E-state index contributed by atoms with van der Waals surface area (Å²) in [4.78, 5) is 18.2. The van der Waals surface area contributed by atoms with Gasteiger partial charge >= 0.3 is 0 Å². The molecule has 0 N–H and O–H groups in total. The highest BCUT2D eigenvalue weighted by molar-refractivity contribution is 7.99. The van der Waals surface area contributed by atoms with Crippen LogP contribution in [0.25, 0.3) is 10.9 Å². The smallest absolute Gasteiger partial charge is 0.253 e. The fraction of sp³-hybridized carbons (Fsp3) is 0.286. The average molecular weight is 258 g/mol. The van der Waals surface area contributed by atoms with E-state index in [4.69, 9.17) is 0 Å². The van der Waals surface area contributed by atoms with Gasteiger partial charge in [0.15, 0.2) is 0 Å². The van der Waals surface area contributed by atoms with Crippen molar-refractivity contribution in [3.8, 4) is 0 Å². The van der Waals surface area contributed by atoms with Crippen molar-refractivity contribution >= 4 is 28.6 Å². The zero-order chi connectivity index (χ0) is 12.7. The van der Waals surface area contributed by atoms with Gasteiger partial charge in [-0.15, -0.1) is 11.8 Å². The van der Waals surface area contributed by atoms with Crippen LogP contribution in [0.1, 0.15) is 15.9 Å². The van der Waals surface area contributed by atoms with Gasteiger partial charge in [-0.1, -0.05) is 0 Å². The topological polar surface area (TPSA) is 33.2 Å². The van der Waals surface area contributed by atoms with E-state index >= 15 is 0 Å². The molecular formula is C14H14N2OS. The van der Waals surface area contributed by atoms with Crippen molar-refractivity contribution in [2.45, 2.75) is 11.4 Å². The number of thioether (sulfide) groups is 1. The number of pyridine rings is 1. The predicted molar refractivity (Wildman–Crippen MR) is 74.2 cm³/mol. The monoisotopic (exact) mass is 258 g/mol. The van der Waals surface area contributed by atoms with Crippen molar-refractivity contribution in [3.05, 3.63) is 35.4 Å². The van der Waals surface area contributed by atoms with E-state index in [0.29, 0.717) is 0 Å². The van der Waals surface area contributed by atoms with Gasteiger partial charge < -0.3 is 4.90 Å². The molecule has 0 fully saturated rings. The highest BCUT2D eigenvalue weighted by atomic mass is 32.2. The lowest BCUT2D eigenvalue weighted by molar-refractivity contribution is 0.0828. The second-order valence-corrected chi connectivity index (χ2v) is 5.74. The molecule has 1 aliphatic heterocycles. The minimum atomic E-state index is 0.0340.